The Labute approximate surface area is 138 Å². The van der Waals surface area contributed by atoms with Crippen molar-refractivity contribution >= 4 is 46.2 Å². The number of halogens is 1. The first-order valence-electron chi connectivity index (χ1n) is 6.39. The van der Waals surface area contributed by atoms with E-state index in [1.165, 1.54) is 27.6 Å². The summed E-state index contributed by atoms with van der Waals surface area (Å²) in [6.45, 7) is 0.569. The van der Waals surface area contributed by atoms with Gasteiger partial charge >= 0.3 is 5.97 Å². The number of nitrogens with zero attached hydrogens (tertiary/aromatic N) is 2. The average Bonchev–Trinajstić information content (AvgIpc) is 3.15. The van der Waals surface area contributed by atoms with Crippen LogP contribution >= 0.6 is 34.3 Å². The molecule has 9 heteroatoms. The van der Waals surface area contributed by atoms with Crippen molar-refractivity contribution in [3.8, 4) is 9.88 Å². The van der Waals surface area contributed by atoms with Crippen molar-refractivity contribution in [3.05, 3.63) is 27.5 Å². The van der Waals surface area contributed by atoms with Gasteiger partial charge in [0.2, 0.25) is 0 Å². The van der Waals surface area contributed by atoms with Crippen molar-refractivity contribution in [1.29, 1.82) is 0 Å². The van der Waals surface area contributed by atoms with E-state index in [0.717, 1.165) is 4.88 Å². The normalized spacial score (nSPS) is 18.4. The number of hydrogen-bond acceptors (Lipinski definition) is 6. The Morgan fingerprint density at radius 3 is 2.95 bits per heavy atom. The molecule has 1 amide bonds. The Bertz CT molecular complexity index is 714. The van der Waals surface area contributed by atoms with Crippen LogP contribution in [-0.4, -0.2) is 52.7 Å². The van der Waals surface area contributed by atoms with Crippen LogP contribution in [0.5, 0.6) is 0 Å². The molecular formula is C13H11ClN2O4S2. The second-order valence-corrected chi connectivity index (χ2v) is 7.14. The minimum Gasteiger partial charge on any atom is -0.480 e. The number of aliphatic carboxylic acids is 1. The van der Waals surface area contributed by atoms with E-state index in [-0.39, 0.29) is 24.8 Å². The van der Waals surface area contributed by atoms with Crippen LogP contribution in [-0.2, 0) is 9.53 Å². The number of morpholine rings is 1. The molecule has 0 aromatic carbocycles. The van der Waals surface area contributed by atoms with Crippen molar-refractivity contribution in [2.75, 3.05) is 19.8 Å². The highest BCUT2D eigenvalue weighted by Gasteiger charge is 2.34. The van der Waals surface area contributed by atoms with Crippen LogP contribution in [0.4, 0.5) is 0 Å². The number of aromatic nitrogens is 1. The number of thiazole rings is 1. The third-order valence-corrected chi connectivity index (χ3v) is 5.42. The van der Waals surface area contributed by atoms with E-state index in [9.17, 15) is 14.7 Å². The minimum absolute atomic E-state index is 0.00139. The summed E-state index contributed by atoms with van der Waals surface area (Å²) >= 11 is 8.61. The number of thiophene rings is 1. The van der Waals surface area contributed by atoms with Gasteiger partial charge < -0.3 is 14.7 Å². The van der Waals surface area contributed by atoms with Crippen LogP contribution in [0.3, 0.4) is 0 Å². The van der Waals surface area contributed by atoms with E-state index in [0.29, 0.717) is 16.0 Å². The van der Waals surface area contributed by atoms with Crippen molar-refractivity contribution in [2.45, 2.75) is 6.04 Å². The monoisotopic (exact) mass is 358 g/mol. The minimum atomic E-state index is -1.08. The predicted molar refractivity (Wildman–Crippen MR) is 83.7 cm³/mol. The van der Waals surface area contributed by atoms with Gasteiger partial charge in [-0.15, -0.1) is 22.7 Å². The van der Waals surface area contributed by atoms with Crippen LogP contribution in [0.25, 0.3) is 9.88 Å². The molecule has 22 heavy (non-hydrogen) atoms. The first kappa shape index (κ1) is 15.4. The highest BCUT2D eigenvalue weighted by atomic mass is 35.5. The zero-order chi connectivity index (χ0) is 15.7. The van der Waals surface area contributed by atoms with Crippen LogP contribution < -0.4 is 0 Å². The molecular weight excluding hydrogens is 348 g/mol. The molecule has 0 unspecified atom stereocenters. The molecule has 0 bridgehead atoms. The van der Waals surface area contributed by atoms with Gasteiger partial charge in [-0.3, -0.25) is 4.79 Å². The van der Waals surface area contributed by atoms with Crippen molar-refractivity contribution in [1.82, 2.24) is 9.88 Å². The molecule has 1 saturated heterocycles. The maximum absolute atomic E-state index is 12.5. The maximum atomic E-state index is 12.5. The molecule has 2 aromatic rings. The van der Waals surface area contributed by atoms with Gasteiger partial charge in [0.1, 0.15) is 10.7 Å². The van der Waals surface area contributed by atoms with E-state index in [1.54, 1.807) is 11.4 Å². The molecule has 0 saturated carbocycles. The lowest BCUT2D eigenvalue weighted by Gasteiger charge is -2.32. The second kappa shape index (κ2) is 6.33. The van der Waals surface area contributed by atoms with Crippen LogP contribution in [0.15, 0.2) is 17.5 Å². The maximum Gasteiger partial charge on any atom is 0.328 e. The molecule has 3 rings (SSSR count). The highest BCUT2D eigenvalue weighted by Crippen LogP contribution is 2.33. The number of rotatable bonds is 3. The first-order valence-corrected chi connectivity index (χ1v) is 8.46. The Balaban J connectivity index is 1.83. The lowest BCUT2D eigenvalue weighted by Crippen LogP contribution is -2.52. The summed E-state index contributed by atoms with van der Waals surface area (Å²) in [6.07, 6.45) is 0. The highest BCUT2D eigenvalue weighted by molar-refractivity contribution is 7.23. The number of ether oxygens (including phenoxy) is 1. The molecule has 6 nitrogen and oxygen atoms in total. The van der Waals surface area contributed by atoms with Crippen LogP contribution in [0, 0.1) is 0 Å². The quantitative estimate of drug-likeness (QED) is 0.911. The molecule has 0 radical (unpaired) electrons. The number of carbonyl (C=O) groups is 2. The Kier molecular flexibility index (Phi) is 4.44. The number of carbonyl (C=O) groups excluding carboxylic acids is 1. The fraction of sp³-hybridized carbons (Fsp3) is 0.308. The molecule has 2 aromatic heterocycles. The molecule has 1 N–H and O–H groups in total. The summed E-state index contributed by atoms with van der Waals surface area (Å²) in [7, 11) is 0. The summed E-state index contributed by atoms with van der Waals surface area (Å²) in [5.41, 5.74) is 0.248. The number of carboxylic acid groups (broad SMARTS) is 1. The van der Waals surface area contributed by atoms with Crippen molar-refractivity contribution in [3.63, 3.8) is 0 Å². The molecule has 0 aliphatic carbocycles. The predicted octanol–water partition coefficient (Wildman–Crippen LogP) is 2.45. The molecule has 3 heterocycles. The molecule has 1 atom stereocenters. The van der Waals surface area contributed by atoms with E-state index in [2.05, 4.69) is 4.98 Å². The Morgan fingerprint density at radius 1 is 1.45 bits per heavy atom. The summed E-state index contributed by atoms with van der Waals surface area (Å²) in [6, 6.07) is 2.64. The van der Waals surface area contributed by atoms with E-state index < -0.39 is 12.0 Å². The lowest BCUT2D eigenvalue weighted by molar-refractivity contribution is -0.147. The van der Waals surface area contributed by atoms with E-state index >= 15 is 0 Å². The Morgan fingerprint density at radius 2 is 2.27 bits per heavy atom. The lowest BCUT2D eigenvalue weighted by atomic mass is 10.2. The largest absolute Gasteiger partial charge is 0.480 e. The van der Waals surface area contributed by atoms with Gasteiger partial charge in [-0.1, -0.05) is 11.6 Å². The SMILES string of the molecule is O=C(O)[C@@H]1COCCN1C(=O)c1csc(-c2ccc(Cl)s2)n1. The van der Waals surface area contributed by atoms with E-state index in [4.69, 9.17) is 16.3 Å². The van der Waals surface area contributed by atoms with Gasteiger partial charge in [-0.05, 0) is 12.1 Å². The number of amides is 1. The molecule has 1 fully saturated rings. The fourth-order valence-corrected chi connectivity index (χ4v) is 4.02. The summed E-state index contributed by atoms with van der Waals surface area (Å²) < 4.78 is 5.78. The zero-order valence-electron chi connectivity index (χ0n) is 11.2. The zero-order valence-corrected chi connectivity index (χ0v) is 13.6. The smallest absolute Gasteiger partial charge is 0.328 e. The summed E-state index contributed by atoms with van der Waals surface area (Å²) in [5.74, 6) is -1.46. The van der Waals surface area contributed by atoms with Crippen LogP contribution in [0.1, 0.15) is 10.5 Å². The first-order chi connectivity index (χ1) is 10.6. The van der Waals surface area contributed by atoms with Crippen molar-refractivity contribution < 1.29 is 19.4 Å². The van der Waals surface area contributed by atoms with Gasteiger partial charge in [-0.25, -0.2) is 9.78 Å². The van der Waals surface area contributed by atoms with Gasteiger partial charge in [0.25, 0.3) is 5.91 Å². The van der Waals surface area contributed by atoms with Gasteiger partial charge in [-0.2, -0.15) is 0 Å². The average molecular weight is 359 g/mol. The number of carboxylic acids is 1. The third-order valence-electron chi connectivity index (χ3n) is 3.18. The second-order valence-electron chi connectivity index (χ2n) is 4.57. The van der Waals surface area contributed by atoms with Gasteiger partial charge in [0, 0.05) is 11.9 Å². The molecule has 1 aliphatic heterocycles. The molecule has 0 spiro atoms. The van der Waals surface area contributed by atoms with Crippen LogP contribution in [0.2, 0.25) is 4.34 Å². The number of hydrogen-bond donors (Lipinski definition) is 1. The summed E-state index contributed by atoms with van der Waals surface area (Å²) in [5, 5.41) is 11.5. The fourth-order valence-electron chi connectivity index (χ4n) is 2.11. The standard InChI is InChI=1S/C13H11ClN2O4S2/c14-10-2-1-9(22-10)11-15-7(6-21-11)12(17)16-3-4-20-5-8(16)13(18)19/h1-2,6,8H,3-5H2,(H,18,19)/t8-/m0/s1. The molecule has 1 aliphatic rings. The van der Waals surface area contributed by atoms with Crippen molar-refractivity contribution in [2.24, 2.45) is 0 Å². The van der Waals surface area contributed by atoms with Gasteiger partial charge in [0.05, 0.1) is 22.4 Å². The Hall–Kier alpha value is -1.48. The summed E-state index contributed by atoms with van der Waals surface area (Å²) in [4.78, 5) is 30.2. The topological polar surface area (TPSA) is 79.7 Å². The third kappa shape index (κ3) is 3.00. The van der Waals surface area contributed by atoms with Gasteiger partial charge in [0.15, 0.2) is 6.04 Å². The van der Waals surface area contributed by atoms with E-state index in [1.807, 2.05) is 6.07 Å². The molecule has 116 valence electrons.